The second kappa shape index (κ2) is 4.52. The molecule has 0 aliphatic rings. The van der Waals surface area contributed by atoms with E-state index in [0.717, 1.165) is 0 Å². The van der Waals surface area contributed by atoms with Crippen molar-refractivity contribution in [3.05, 3.63) is 0 Å². The zero-order valence-corrected chi connectivity index (χ0v) is 9.15. The van der Waals surface area contributed by atoms with Gasteiger partial charge in [-0.15, -0.1) is 5.92 Å². The summed E-state index contributed by atoms with van der Waals surface area (Å²) in [7, 11) is 0. The molecule has 0 aromatic carbocycles. The second-order valence-corrected chi connectivity index (χ2v) is 4.37. The summed E-state index contributed by atoms with van der Waals surface area (Å²) in [5.41, 5.74) is 0.184. The first-order chi connectivity index (χ1) is 5.37. The molecule has 0 aromatic heterocycles. The molecule has 0 radical (unpaired) electrons. The fourth-order valence-corrected chi connectivity index (χ4v) is 1.16. The predicted octanol–water partition coefficient (Wildman–Crippen LogP) is 2.42. The molecule has 1 heteroatoms. The monoisotopic (exact) mass is 167 g/mol. The summed E-state index contributed by atoms with van der Waals surface area (Å²) in [5.74, 6) is 6.52. The second-order valence-electron chi connectivity index (χ2n) is 4.37. The third kappa shape index (κ3) is 5.21. The van der Waals surface area contributed by atoms with Crippen LogP contribution in [0.2, 0.25) is 0 Å². The summed E-state index contributed by atoms with van der Waals surface area (Å²) in [5, 5.41) is 3.50. The minimum absolute atomic E-state index is 0.184. The first-order valence-corrected chi connectivity index (χ1v) is 4.57. The van der Waals surface area contributed by atoms with Crippen LogP contribution in [0.1, 0.15) is 41.5 Å². The molecule has 70 valence electrons. The van der Waals surface area contributed by atoms with E-state index in [1.807, 2.05) is 6.92 Å². The molecule has 12 heavy (non-hydrogen) atoms. The summed E-state index contributed by atoms with van der Waals surface area (Å²) in [6.07, 6.45) is 0. The smallest absolute Gasteiger partial charge is 0.0325 e. The zero-order valence-electron chi connectivity index (χ0n) is 9.15. The highest BCUT2D eigenvalue weighted by molar-refractivity contribution is 5.03. The fourth-order valence-electron chi connectivity index (χ4n) is 1.16. The third-order valence-electron chi connectivity index (χ3n) is 1.78. The van der Waals surface area contributed by atoms with E-state index >= 15 is 0 Å². The molecule has 0 rings (SSSR count). The van der Waals surface area contributed by atoms with Crippen LogP contribution in [0.3, 0.4) is 0 Å². The lowest BCUT2D eigenvalue weighted by atomic mass is 10.00. The number of nitrogens with one attached hydrogen (secondary N) is 1. The summed E-state index contributed by atoms with van der Waals surface area (Å²) < 4.78 is 0. The van der Waals surface area contributed by atoms with E-state index in [-0.39, 0.29) is 5.54 Å². The van der Waals surface area contributed by atoms with Gasteiger partial charge in [-0.25, -0.2) is 0 Å². The van der Waals surface area contributed by atoms with Crippen LogP contribution in [-0.2, 0) is 0 Å². The molecule has 0 amide bonds. The van der Waals surface area contributed by atoms with Gasteiger partial charge in [0.2, 0.25) is 0 Å². The Bertz CT molecular complexity index is 177. The lowest BCUT2D eigenvalue weighted by molar-refractivity contribution is 0.339. The number of hydrogen-bond acceptors (Lipinski definition) is 1. The average Bonchev–Trinajstić information content (AvgIpc) is 1.84. The Morgan fingerprint density at radius 2 is 1.67 bits per heavy atom. The Hall–Kier alpha value is -0.480. The largest absolute Gasteiger partial charge is 0.308 e. The van der Waals surface area contributed by atoms with Gasteiger partial charge in [-0.2, -0.15) is 0 Å². The molecule has 0 aliphatic carbocycles. The predicted molar refractivity (Wildman–Crippen MR) is 55.0 cm³/mol. The van der Waals surface area contributed by atoms with Crippen LogP contribution in [0, 0.1) is 17.8 Å². The highest BCUT2D eigenvalue weighted by Gasteiger charge is 2.16. The van der Waals surface area contributed by atoms with Gasteiger partial charge in [0.05, 0.1) is 0 Å². The molecule has 0 saturated carbocycles. The van der Waals surface area contributed by atoms with E-state index < -0.39 is 0 Å². The minimum Gasteiger partial charge on any atom is -0.308 e. The van der Waals surface area contributed by atoms with Crippen molar-refractivity contribution in [2.24, 2.45) is 5.92 Å². The van der Waals surface area contributed by atoms with Crippen LogP contribution in [0.5, 0.6) is 0 Å². The molecule has 0 spiro atoms. The highest BCUT2D eigenvalue weighted by atomic mass is 15.0. The van der Waals surface area contributed by atoms with Crippen LogP contribution >= 0.6 is 0 Å². The van der Waals surface area contributed by atoms with Crippen molar-refractivity contribution in [2.45, 2.75) is 53.1 Å². The zero-order chi connectivity index (χ0) is 9.78. The molecule has 0 aromatic rings. The Morgan fingerprint density at radius 3 is 2.00 bits per heavy atom. The van der Waals surface area contributed by atoms with Gasteiger partial charge in [0.1, 0.15) is 0 Å². The average molecular weight is 167 g/mol. The molecule has 0 saturated heterocycles. The highest BCUT2D eigenvalue weighted by Crippen LogP contribution is 2.07. The number of hydrogen-bond donors (Lipinski definition) is 1. The standard InChI is InChI=1S/C11H21N/c1-7-8-9(2)10(3)12-11(4,5)6/h9-10,12H,1-6H3. The fraction of sp³-hybridized carbons (Fsp3) is 0.818. The summed E-state index contributed by atoms with van der Waals surface area (Å²) in [6.45, 7) is 12.8. The lowest BCUT2D eigenvalue weighted by Gasteiger charge is -2.27. The van der Waals surface area contributed by atoms with E-state index in [4.69, 9.17) is 0 Å². The van der Waals surface area contributed by atoms with E-state index in [1.165, 1.54) is 0 Å². The molecule has 0 fully saturated rings. The van der Waals surface area contributed by atoms with Crippen LogP contribution < -0.4 is 5.32 Å². The van der Waals surface area contributed by atoms with E-state index in [2.05, 4.69) is 51.8 Å². The normalized spacial score (nSPS) is 16.2. The van der Waals surface area contributed by atoms with E-state index in [0.29, 0.717) is 12.0 Å². The van der Waals surface area contributed by atoms with Gasteiger partial charge < -0.3 is 5.32 Å². The van der Waals surface area contributed by atoms with Gasteiger partial charge in [0.25, 0.3) is 0 Å². The van der Waals surface area contributed by atoms with Gasteiger partial charge in [-0.1, -0.05) is 5.92 Å². The molecular weight excluding hydrogens is 146 g/mol. The summed E-state index contributed by atoms with van der Waals surface area (Å²) in [6, 6.07) is 0.456. The van der Waals surface area contributed by atoms with Gasteiger partial charge in [-0.05, 0) is 41.5 Å². The van der Waals surface area contributed by atoms with Crippen molar-refractivity contribution >= 4 is 0 Å². The topological polar surface area (TPSA) is 12.0 Å². The van der Waals surface area contributed by atoms with Crippen LogP contribution in [-0.4, -0.2) is 11.6 Å². The van der Waals surface area contributed by atoms with Crippen molar-refractivity contribution in [3.63, 3.8) is 0 Å². The molecule has 0 bridgehead atoms. The van der Waals surface area contributed by atoms with Gasteiger partial charge in [0, 0.05) is 17.5 Å². The van der Waals surface area contributed by atoms with Crippen LogP contribution in [0.25, 0.3) is 0 Å². The van der Waals surface area contributed by atoms with E-state index in [1.54, 1.807) is 0 Å². The minimum atomic E-state index is 0.184. The molecule has 1 N–H and O–H groups in total. The van der Waals surface area contributed by atoms with Crippen molar-refractivity contribution in [2.75, 3.05) is 0 Å². The van der Waals surface area contributed by atoms with Gasteiger partial charge >= 0.3 is 0 Å². The first-order valence-electron chi connectivity index (χ1n) is 4.57. The molecule has 2 atom stereocenters. The van der Waals surface area contributed by atoms with Gasteiger partial charge in [-0.3, -0.25) is 0 Å². The number of rotatable bonds is 2. The Morgan fingerprint density at radius 1 is 1.17 bits per heavy atom. The molecule has 1 nitrogen and oxygen atoms in total. The van der Waals surface area contributed by atoms with Crippen molar-refractivity contribution in [3.8, 4) is 11.8 Å². The Balaban J connectivity index is 4.01. The summed E-state index contributed by atoms with van der Waals surface area (Å²) in [4.78, 5) is 0. The Labute approximate surface area is 76.9 Å². The molecule has 2 unspecified atom stereocenters. The SMILES string of the molecule is CC#CC(C)C(C)NC(C)(C)C. The lowest BCUT2D eigenvalue weighted by Crippen LogP contribution is -2.44. The van der Waals surface area contributed by atoms with Crippen molar-refractivity contribution in [1.82, 2.24) is 5.32 Å². The van der Waals surface area contributed by atoms with Crippen LogP contribution in [0.4, 0.5) is 0 Å². The van der Waals surface area contributed by atoms with Crippen molar-refractivity contribution in [1.29, 1.82) is 0 Å². The molecule has 0 heterocycles. The maximum absolute atomic E-state index is 3.50. The van der Waals surface area contributed by atoms with E-state index in [9.17, 15) is 0 Å². The third-order valence-corrected chi connectivity index (χ3v) is 1.78. The van der Waals surface area contributed by atoms with Crippen LogP contribution in [0.15, 0.2) is 0 Å². The maximum atomic E-state index is 3.50. The maximum Gasteiger partial charge on any atom is 0.0325 e. The van der Waals surface area contributed by atoms with Gasteiger partial charge in [0.15, 0.2) is 0 Å². The van der Waals surface area contributed by atoms with Crippen molar-refractivity contribution < 1.29 is 0 Å². The molecular formula is C11H21N. The first kappa shape index (κ1) is 11.5. The quantitative estimate of drug-likeness (QED) is 0.623. The summed E-state index contributed by atoms with van der Waals surface area (Å²) >= 11 is 0. The molecule has 0 aliphatic heterocycles. The Kier molecular flexibility index (Phi) is 4.34.